The molecule has 2 aliphatic rings. The highest BCUT2D eigenvalue weighted by atomic mass is 16.5. The van der Waals surface area contributed by atoms with Crippen LogP contribution in [0.2, 0.25) is 0 Å². The van der Waals surface area contributed by atoms with Crippen LogP contribution < -0.4 is 0 Å². The van der Waals surface area contributed by atoms with E-state index in [9.17, 15) is 0 Å². The molecule has 0 spiro atoms. The Kier molecular flexibility index (Phi) is 8.13. The summed E-state index contributed by atoms with van der Waals surface area (Å²) in [6, 6.07) is 21.7. The monoisotopic (exact) mass is 408 g/mol. The highest BCUT2D eigenvalue weighted by Crippen LogP contribution is 2.42. The fourth-order valence-electron chi connectivity index (χ4n) is 5.54. The maximum absolute atomic E-state index is 5.74. The third kappa shape index (κ3) is 4.81. The Morgan fingerprint density at radius 2 is 1.37 bits per heavy atom. The average molecular weight is 409 g/mol. The number of ether oxygens (including phenoxy) is 2. The molecule has 0 radical (unpaired) electrons. The molecule has 0 aromatic heterocycles. The highest BCUT2D eigenvalue weighted by molar-refractivity contribution is 5.28. The lowest BCUT2D eigenvalue weighted by atomic mass is 9.70. The third-order valence-corrected chi connectivity index (χ3v) is 7.52. The van der Waals surface area contributed by atoms with Gasteiger partial charge < -0.3 is 9.47 Å². The molecule has 0 saturated carbocycles. The van der Waals surface area contributed by atoms with E-state index in [0.717, 1.165) is 26.4 Å². The Morgan fingerprint density at radius 1 is 0.767 bits per heavy atom. The standard InChI is InChI=1S/2C14H20O/c1-3-14(9-12(2)10-15-11-14)13-7-5-4-6-8-13;1-3-12-10-15-11-14(12,4-2)13-8-6-5-7-9-13/h4-8,12H,3,9-11H2,1-2H3;5-9,12H,3-4,10-11H2,1-2H3. The highest BCUT2D eigenvalue weighted by Gasteiger charge is 2.42. The quantitative estimate of drug-likeness (QED) is 0.543. The van der Waals surface area contributed by atoms with Crippen molar-refractivity contribution in [2.45, 2.75) is 64.2 Å². The van der Waals surface area contributed by atoms with Crippen molar-refractivity contribution < 1.29 is 9.47 Å². The summed E-state index contributed by atoms with van der Waals surface area (Å²) >= 11 is 0. The second kappa shape index (κ2) is 10.6. The van der Waals surface area contributed by atoms with Crippen LogP contribution in [0.3, 0.4) is 0 Å². The molecule has 0 N–H and O–H groups in total. The molecule has 0 bridgehead atoms. The zero-order valence-corrected chi connectivity index (χ0v) is 19.4. The first-order chi connectivity index (χ1) is 14.6. The predicted octanol–water partition coefficient (Wildman–Crippen LogP) is 6.78. The fourth-order valence-corrected chi connectivity index (χ4v) is 5.54. The number of benzene rings is 2. The van der Waals surface area contributed by atoms with Crippen molar-refractivity contribution in [3.05, 3.63) is 71.8 Å². The summed E-state index contributed by atoms with van der Waals surface area (Å²) in [5.74, 6) is 1.36. The van der Waals surface area contributed by atoms with Crippen LogP contribution in [-0.2, 0) is 20.3 Å². The van der Waals surface area contributed by atoms with Gasteiger partial charge in [-0.25, -0.2) is 0 Å². The van der Waals surface area contributed by atoms with Crippen molar-refractivity contribution in [1.29, 1.82) is 0 Å². The number of hydrogen-bond acceptors (Lipinski definition) is 2. The summed E-state index contributed by atoms with van der Waals surface area (Å²) < 4.78 is 11.5. The first-order valence-corrected chi connectivity index (χ1v) is 11.9. The lowest BCUT2D eigenvalue weighted by Gasteiger charge is -2.39. The van der Waals surface area contributed by atoms with E-state index in [1.807, 2.05) is 0 Å². The van der Waals surface area contributed by atoms with E-state index in [4.69, 9.17) is 9.47 Å². The lowest BCUT2D eigenvalue weighted by molar-refractivity contribution is 0.000120. The van der Waals surface area contributed by atoms with Gasteiger partial charge in [-0.2, -0.15) is 0 Å². The van der Waals surface area contributed by atoms with Crippen LogP contribution in [0.5, 0.6) is 0 Å². The van der Waals surface area contributed by atoms with E-state index in [-0.39, 0.29) is 10.8 Å². The normalized spacial score (nSPS) is 31.1. The molecule has 4 unspecified atom stereocenters. The van der Waals surface area contributed by atoms with Gasteiger partial charge in [-0.15, -0.1) is 0 Å². The SMILES string of the molecule is CCC1(c2ccccc2)COCC(C)C1.CCC1COCC1(CC)c1ccccc1. The zero-order chi connectivity index (χ0) is 21.5. The predicted molar refractivity (Wildman–Crippen MR) is 126 cm³/mol. The largest absolute Gasteiger partial charge is 0.380 e. The maximum atomic E-state index is 5.74. The summed E-state index contributed by atoms with van der Waals surface area (Å²) in [7, 11) is 0. The molecule has 2 nitrogen and oxygen atoms in total. The van der Waals surface area contributed by atoms with E-state index >= 15 is 0 Å². The Hall–Kier alpha value is -1.64. The summed E-state index contributed by atoms with van der Waals surface area (Å²) in [6.45, 7) is 12.7. The molecule has 0 amide bonds. The molecule has 4 rings (SSSR count). The van der Waals surface area contributed by atoms with Crippen molar-refractivity contribution in [3.63, 3.8) is 0 Å². The van der Waals surface area contributed by atoms with Crippen molar-refractivity contribution >= 4 is 0 Å². The first-order valence-electron chi connectivity index (χ1n) is 11.9. The topological polar surface area (TPSA) is 18.5 Å². The van der Waals surface area contributed by atoms with Gasteiger partial charge in [-0.05, 0) is 42.2 Å². The van der Waals surface area contributed by atoms with E-state index in [2.05, 4.69) is 88.4 Å². The molecule has 164 valence electrons. The van der Waals surface area contributed by atoms with Gasteiger partial charge >= 0.3 is 0 Å². The maximum Gasteiger partial charge on any atom is 0.0566 e. The third-order valence-electron chi connectivity index (χ3n) is 7.52. The molecule has 2 aliphatic heterocycles. The first kappa shape index (κ1) is 23.0. The summed E-state index contributed by atoms with van der Waals surface area (Å²) in [6.07, 6.45) is 4.81. The van der Waals surface area contributed by atoms with Crippen LogP contribution in [0.25, 0.3) is 0 Å². The lowest BCUT2D eigenvalue weighted by Crippen LogP contribution is -2.39. The van der Waals surface area contributed by atoms with Crippen LogP contribution in [-0.4, -0.2) is 26.4 Å². The van der Waals surface area contributed by atoms with Gasteiger partial charge in [-0.1, -0.05) is 94.8 Å². The molecule has 2 heteroatoms. The summed E-state index contributed by atoms with van der Waals surface area (Å²) in [4.78, 5) is 0. The minimum Gasteiger partial charge on any atom is -0.380 e. The molecule has 0 aliphatic carbocycles. The average Bonchev–Trinajstić information content (AvgIpc) is 3.25. The molecule has 30 heavy (non-hydrogen) atoms. The van der Waals surface area contributed by atoms with Crippen molar-refractivity contribution in [1.82, 2.24) is 0 Å². The Balaban J connectivity index is 0.000000171. The van der Waals surface area contributed by atoms with Crippen LogP contribution >= 0.6 is 0 Å². The molecular weight excluding hydrogens is 368 g/mol. The molecule has 2 aromatic carbocycles. The Bertz CT molecular complexity index is 744. The summed E-state index contributed by atoms with van der Waals surface area (Å²) in [5.41, 5.74) is 3.44. The fraction of sp³-hybridized carbons (Fsp3) is 0.571. The van der Waals surface area contributed by atoms with Gasteiger partial charge in [0.15, 0.2) is 0 Å². The van der Waals surface area contributed by atoms with Gasteiger partial charge in [0.2, 0.25) is 0 Å². The van der Waals surface area contributed by atoms with Gasteiger partial charge in [0, 0.05) is 17.4 Å². The van der Waals surface area contributed by atoms with E-state index in [0.29, 0.717) is 11.8 Å². The van der Waals surface area contributed by atoms with Gasteiger partial charge in [0.25, 0.3) is 0 Å². The van der Waals surface area contributed by atoms with Crippen molar-refractivity contribution in [3.8, 4) is 0 Å². The molecule has 2 heterocycles. The second-order valence-electron chi connectivity index (χ2n) is 9.32. The Morgan fingerprint density at radius 3 is 1.90 bits per heavy atom. The summed E-state index contributed by atoms with van der Waals surface area (Å²) in [5, 5.41) is 0. The van der Waals surface area contributed by atoms with Crippen molar-refractivity contribution in [2.75, 3.05) is 26.4 Å². The number of rotatable bonds is 5. The minimum atomic E-state index is 0.263. The van der Waals surface area contributed by atoms with Crippen LogP contribution in [0.1, 0.15) is 64.5 Å². The molecule has 4 atom stereocenters. The van der Waals surface area contributed by atoms with Gasteiger partial charge in [0.05, 0.1) is 19.8 Å². The number of hydrogen-bond donors (Lipinski definition) is 0. The van der Waals surface area contributed by atoms with E-state index < -0.39 is 0 Å². The molecule has 2 aromatic rings. The molecule has 2 saturated heterocycles. The Labute approximate surface area is 184 Å². The van der Waals surface area contributed by atoms with E-state index in [1.54, 1.807) is 0 Å². The van der Waals surface area contributed by atoms with Crippen LogP contribution in [0.15, 0.2) is 60.7 Å². The second-order valence-corrected chi connectivity index (χ2v) is 9.32. The van der Waals surface area contributed by atoms with Gasteiger partial charge in [-0.3, -0.25) is 0 Å². The van der Waals surface area contributed by atoms with Gasteiger partial charge in [0.1, 0.15) is 0 Å². The van der Waals surface area contributed by atoms with E-state index in [1.165, 1.54) is 36.8 Å². The van der Waals surface area contributed by atoms with Crippen molar-refractivity contribution in [2.24, 2.45) is 11.8 Å². The molecular formula is C28H40O2. The smallest absolute Gasteiger partial charge is 0.0566 e. The van der Waals surface area contributed by atoms with Crippen LogP contribution in [0.4, 0.5) is 0 Å². The van der Waals surface area contributed by atoms with Crippen LogP contribution in [0, 0.1) is 11.8 Å². The minimum absolute atomic E-state index is 0.263. The molecule has 2 fully saturated rings. The zero-order valence-electron chi connectivity index (χ0n) is 19.4.